The van der Waals surface area contributed by atoms with Crippen molar-refractivity contribution < 1.29 is 14.2 Å². The lowest BCUT2D eigenvalue weighted by Crippen LogP contribution is -2.43. The number of benzene rings is 1. The summed E-state index contributed by atoms with van der Waals surface area (Å²) in [5, 5.41) is 20.0. The third kappa shape index (κ3) is 1.82. The Morgan fingerprint density at radius 3 is 2.16 bits per heavy atom. The first kappa shape index (κ1) is 17.2. The van der Waals surface area contributed by atoms with Crippen molar-refractivity contribution in [1.29, 1.82) is 10.5 Å². The zero-order valence-electron chi connectivity index (χ0n) is 14.4. The molecule has 1 saturated carbocycles. The van der Waals surface area contributed by atoms with Gasteiger partial charge in [0.1, 0.15) is 17.0 Å². The van der Waals surface area contributed by atoms with E-state index in [9.17, 15) is 10.5 Å². The summed E-state index contributed by atoms with van der Waals surface area (Å²) < 4.78 is 16.7. The van der Waals surface area contributed by atoms with Crippen LogP contribution >= 0.6 is 0 Å². The summed E-state index contributed by atoms with van der Waals surface area (Å²) in [7, 11) is 1.58. The van der Waals surface area contributed by atoms with Gasteiger partial charge in [-0.2, -0.15) is 10.5 Å². The topological polar surface area (TPSA) is 114 Å². The number of nitrogens with two attached hydrogens (primary N) is 1. The molecule has 0 aromatic heterocycles. The summed E-state index contributed by atoms with van der Waals surface area (Å²) in [6.45, 7) is 4.12. The molecule has 0 radical (unpaired) electrons. The average molecular weight is 340 g/mol. The van der Waals surface area contributed by atoms with Crippen molar-refractivity contribution in [1.82, 2.24) is 0 Å². The predicted octanol–water partition coefficient (Wildman–Crippen LogP) is 1.91. The van der Waals surface area contributed by atoms with Crippen molar-refractivity contribution in [2.45, 2.75) is 25.7 Å². The number of rotatable bonds is 6. The number of amidine groups is 1. The van der Waals surface area contributed by atoms with E-state index in [1.807, 2.05) is 12.1 Å². The number of hydrogen-bond acceptors (Lipinski definition) is 7. The fraction of sp³-hybridized carbons (Fsp3) is 0.500. The average Bonchev–Trinajstić information content (AvgIpc) is 3.21. The Morgan fingerprint density at radius 2 is 1.72 bits per heavy atom. The molecule has 0 amide bonds. The van der Waals surface area contributed by atoms with Crippen molar-refractivity contribution in [2.75, 3.05) is 20.3 Å². The first-order valence-electron chi connectivity index (χ1n) is 8.13. The second-order valence-electron chi connectivity index (χ2n) is 5.99. The molecule has 25 heavy (non-hydrogen) atoms. The molecule has 1 aliphatic carbocycles. The lowest BCUT2D eigenvalue weighted by atomic mass is 9.93. The minimum Gasteiger partial charge on any atom is -0.497 e. The normalized spacial score (nSPS) is 31.4. The molecule has 1 aromatic carbocycles. The molecule has 7 nitrogen and oxygen atoms in total. The van der Waals surface area contributed by atoms with Gasteiger partial charge in [-0.3, -0.25) is 0 Å². The molecule has 7 heteroatoms. The Bertz CT molecular complexity index is 786. The minimum absolute atomic E-state index is 0.0827. The van der Waals surface area contributed by atoms with Gasteiger partial charge < -0.3 is 19.9 Å². The summed E-state index contributed by atoms with van der Waals surface area (Å²) in [5.41, 5.74) is 4.35. The van der Waals surface area contributed by atoms with Crippen LogP contribution in [0.1, 0.15) is 25.3 Å². The number of ether oxygens (including phenoxy) is 3. The summed E-state index contributed by atoms with van der Waals surface area (Å²) >= 11 is 0. The van der Waals surface area contributed by atoms with Gasteiger partial charge >= 0.3 is 0 Å². The van der Waals surface area contributed by atoms with Gasteiger partial charge in [0.25, 0.3) is 5.91 Å². The smallest absolute Gasteiger partial charge is 0.293 e. The number of nitriles is 2. The van der Waals surface area contributed by atoms with Gasteiger partial charge in [-0.25, -0.2) is 4.99 Å². The van der Waals surface area contributed by atoms with Crippen molar-refractivity contribution in [3.63, 3.8) is 0 Å². The zero-order chi connectivity index (χ0) is 18.3. The van der Waals surface area contributed by atoms with E-state index in [-0.39, 0.29) is 19.0 Å². The molecule has 1 fully saturated rings. The van der Waals surface area contributed by atoms with Crippen LogP contribution in [-0.4, -0.2) is 32.1 Å². The third-order valence-electron chi connectivity index (χ3n) is 5.06. The molecule has 130 valence electrons. The predicted molar refractivity (Wildman–Crippen MR) is 89.4 cm³/mol. The Balaban J connectivity index is 2.17. The highest BCUT2D eigenvalue weighted by Crippen LogP contribution is 2.81. The van der Waals surface area contributed by atoms with Gasteiger partial charge in [-0.15, -0.1) is 0 Å². The van der Waals surface area contributed by atoms with Crippen LogP contribution in [0.4, 0.5) is 0 Å². The summed E-state index contributed by atoms with van der Waals surface area (Å²) in [4.78, 5) is 4.31. The Morgan fingerprint density at radius 1 is 1.12 bits per heavy atom. The maximum absolute atomic E-state index is 10.1. The van der Waals surface area contributed by atoms with E-state index in [1.165, 1.54) is 0 Å². The van der Waals surface area contributed by atoms with E-state index in [0.29, 0.717) is 5.75 Å². The molecule has 2 aliphatic rings. The lowest BCUT2D eigenvalue weighted by Gasteiger charge is -2.31. The fourth-order valence-corrected chi connectivity index (χ4v) is 4.05. The van der Waals surface area contributed by atoms with Crippen LogP contribution in [0, 0.1) is 33.5 Å². The van der Waals surface area contributed by atoms with Crippen molar-refractivity contribution in [2.24, 2.45) is 21.6 Å². The second kappa shape index (κ2) is 5.73. The highest BCUT2D eigenvalue weighted by atomic mass is 16.7. The molecule has 0 unspecified atom stereocenters. The van der Waals surface area contributed by atoms with Gasteiger partial charge in [0, 0.05) is 19.1 Å². The highest BCUT2D eigenvalue weighted by molar-refractivity contribution is 6.00. The van der Waals surface area contributed by atoms with Crippen LogP contribution in [-0.2, 0) is 9.47 Å². The van der Waals surface area contributed by atoms with Crippen molar-refractivity contribution >= 4 is 5.84 Å². The first-order chi connectivity index (χ1) is 12.0. The van der Waals surface area contributed by atoms with Crippen LogP contribution in [0.15, 0.2) is 29.3 Å². The van der Waals surface area contributed by atoms with Crippen LogP contribution < -0.4 is 10.5 Å². The van der Waals surface area contributed by atoms with Crippen LogP contribution in [0.3, 0.4) is 0 Å². The number of nitrogens with zero attached hydrogens (tertiary/aromatic N) is 3. The van der Waals surface area contributed by atoms with Gasteiger partial charge in [-0.1, -0.05) is 12.1 Å². The molecule has 0 saturated heterocycles. The molecular formula is C18H20N4O3. The summed E-state index contributed by atoms with van der Waals surface area (Å²) in [5.74, 6) is -1.29. The van der Waals surface area contributed by atoms with Crippen LogP contribution in [0.25, 0.3) is 0 Å². The van der Waals surface area contributed by atoms with E-state index in [4.69, 9.17) is 19.9 Å². The van der Waals surface area contributed by atoms with Crippen LogP contribution in [0.5, 0.6) is 5.75 Å². The van der Waals surface area contributed by atoms with Gasteiger partial charge in [-0.05, 0) is 31.5 Å². The quantitative estimate of drug-likeness (QED) is 0.791. The largest absolute Gasteiger partial charge is 0.497 e. The van der Waals surface area contributed by atoms with Crippen LogP contribution in [0.2, 0.25) is 0 Å². The summed E-state index contributed by atoms with van der Waals surface area (Å²) in [6.07, 6.45) is 0. The monoisotopic (exact) mass is 340 g/mol. The lowest BCUT2D eigenvalue weighted by molar-refractivity contribution is -0.255. The van der Waals surface area contributed by atoms with Gasteiger partial charge in [0.15, 0.2) is 5.41 Å². The number of fused-ring (bicyclic) bond motifs is 1. The Labute approximate surface area is 146 Å². The molecule has 0 spiro atoms. The van der Waals surface area contributed by atoms with Crippen molar-refractivity contribution in [3.05, 3.63) is 29.8 Å². The molecule has 1 heterocycles. The molecule has 3 rings (SSSR count). The van der Waals surface area contributed by atoms with E-state index in [2.05, 4.69) is 17.1 Å². The van der Waals surface area contributed by atoms with Gasteiger partial charge in [0.05, 0.1) is 19.2 Å². The molecule has 3 atom stereocenters. The number of hydrogen-bond donors (Lipinski definition) is 1. The van der Waals surface area contributed by atoms with E-state index in [1.54, 1.807) is 33.1 Å². The third-order valence-corrected chi connectivity index (χ3v) is 5.06. The molecular weight excluding hydrogens is 320 g/mol. The minimum atomic E-state index is -1.57. The SMILES string of the molecule is CCOC1(OCC)N=C(N)[C@@]2(C#N)[C@@H](c3ccc(OC)cc3)[C@]12C#N. The molecule has 1 aromatic rings. The highest BCUT2D eigenvalue weighted by Gasteiger charge is 2.93. The number of aliphatic imine (C=N–C) groups is 1. The van der Waals surface area contributed by atoms with E-state index < -0.39 is 22.7 Å². The maximum atomic E-state index is 10.1. The molecule has 2 N–H and O–H groups in total. The second-order valence-corrected chi connectivity index (χ2v) is 5.99. The fourth-order valence-electron chi connectivity index (χ4n) is 4.05. The van der Waals surface area contributed by atoms with Gasteiger partial charge in [0.2, 0.25) is 0 Å². The molecule has 0 bridgehead atoms. The molecule has 1 aliphatic heterocycles. The summed E-state index contributed by atoms with van der Waals surface area (Å²) in [6, 6.07) is 11.7. The first-order valence-corrected chi connectivity index (χ1v) is 8.13. The maximum Gasteiger partial charge on any atom is 0.293 e. The Hall–Kier alpha value is -2.61. The number of methoxy groups -OCH3 is 1. The standard InChI is InChI=1S/C18H20N4O3/c1-4-24-18(25-5-2)17(11-20)14(16(17,10-19)15(21)22-18)12-6-8-13(23-3)9-7-12/h6-9,14H,4-5H2,1-3H3,(H2,21,22)/t14-,16-,17+/m1/s1. The zero-order valence-corrected chi connectivity index (χ0v) is 14.4. The van der Waals surface area contributed by atoms with Crippen molar-refractivity contribution in [3.8, 4) is 17.9 Å². The van der Waals surface area contributed by atoms with E-state index in [0.717, 1.165) is 5.56 Å². The van der Waals surface area contributed by atoms with E-state index >= 15 is 0 Å². The Kier molecular flexibility index (Phi) is 3.95.